The Balaban J connectivity index is 0. The molecule has 4 heteroatoms. The van der Waals surface area contributed by atoms with Crippen molar-refractivity contribution in [2.45, 2.75) is 25.7 Å². The van der Waals surface area contributed by atoms with Gasteiger partial charge in [0.25, 0.3) is 0 Å². The van der Waals surface area contributed by atoms with Crippen molar-refractivity contribution >= 4 is 0 Å². The van der Waals surface area contributed by atoms with Gasteiger partial charge in [0.2, 0.25) is 0 Å². The van der Waals surface area contributed by atoms with E-state index in [1.807, 2.05) is 64.2 Å². The first-order chi connectivity index (χ1) is 14.7. The maximum Gasteiger partial charge on any atom is 3.00 e. The van der Waals surface area contributed by atoms with Gasteiger partial charge in [-0.25, -0.2) is 0 Å². The molecular weight excluding hydrogens is 570 g/mol. The summed E-state index contributed by atoms with van der Waals surface area (Å²) in [7, 11) is 0. The fraction of sp³-hybridized carbons (Fsp3) is 0.357. The van der Waals surface area contributed by atoms with Crippen molar-refractivity contribution in [1.29, 1.82) is 0 Å². The molecule has 6 atom stereocenters. The molecule has 0 aromatic carbocycles. The summed E-state index contributed by atoms with van der Waals surface area (Å²) in [4.78, 5) is 0. The van der Waals surface area contributed by atoms with Crippen LogP contribution in [0.15, 0.2) is 24.3 Å². The zero-order chi connectivity index (χ0) is 22.2. The largest absolute Gasteiger partial charge is 3.00 e. The molecule has 170 valence electrons. The zero-order valence-corrected chi connectivity index (χ0v) is 21.8. The minimum Gasteiger partial charge on any atom is -0.340 e. The molecule has 6 aliphatic carbocycles. The van der Waals surface area contributed by atoms with E-state index in [-0.39, 0.29) is 39.0 Å². The molecule has 4 bridgehead atoms. The summed E-state index contributed by atoms with van der Waals surface area (Å²) in [5.41, 5.74) is 0. The number of hydrogen-bond donors (Lipinski definition) is 0. The number of fused-ring (bicyclic) bond motifs is 4. The van der Waals surface area contributed by atoms with Gasteiger partial charge in [-0.15, -0.1) is 0 Å². The standard InChI is InChI=1S/2C8H11.2C5H5.2CO.2Ru/c2*1-6-4-7-2-3-8(6)5-7;2*1-2-4-5-3-1;2*1-2;;/h2*2-3,6-8H,1,4-5H2;2*1-5H;;;;/q2*-1;;;;;+1;+3/t2*6-,7-,8-;;;;;;/m10....../s1. The molecule has 6 rings (SSSR count). The third kappa shape index (κ3) is 13.2. The van der Waals surface area contributed by atoms with Gasteiger partial charge in [-0.1, -0.05) is 37.1 Å². The maximum atomic E-state index is 7.50. The molecule has 4 saturated carbocycles. The smallest absolute Gasteiger partial charge is 0.340 e. The Hall–Kier alpha value is 0.207. The van der Waals surface area contributed by atoms with Crippen molar-refractivity contribution in [2.24, 2.45) is 35.5 Å². The number of rotatable bonds is 0. The van der Waals surface area contributed by atoms with Gasteiger partial charge in [0, 0.05) is 0 Å². The van der Waals surface area contributed by atoms with E-state index in [9.17, 15) is 0 Å². The van der Waals surface area contributed by atoms with E-state index < -0.39 is 0 Å². The Bertz CT molecular complexity index is 469. The SMILES string of the molecule is [C-]#[O+].[C-]#[O+].[CH2-][C@@H]1C[C@H]2C=C[C@@H]1C2.[CH2-][C@H]1C[C@@H]2C=C[C@H]1C2.[CH]1[CH][CH][CH][CH]1.[CH]1[CH][CH][CH][CH]1.[Ru+3].[Ru+]. The van der Waals surface area contributed by atoms with E-state index in [2.05, 4.69) is 51.5 Å². The van der Waals surface area contributed by atoms with Crippen LogP contribution in [0.1, 0.15) is 25.7 Å². The number of allylic oxidation sites excluding steroid dienone is 4. The van der Waals surface area contributed by atoms with Gasteiger partial charge in [-0.05, 0) is 101 Å². The van der Waals surface area contributed by atoms with Crippen molar-refractivity contribution in [3.05, 3.63) is 116 Å². The van der Waals surface area contributed by atoms with E-state index in [1.54, 1.807) is 0 Å². The topological polar surface area (TPSA) is 39.8 Å². The molecule has 0 aliphatic heterocycles. The molecule has 0 heterocycles. The van der Waals surface area contributed by atoms with Crippen molar-refractivity contribution in [3.8, 4) is 0 Å². The third-order valence-electron chi connectivity index (χ3n) is 5.94. The van der Waals surface area contributed by atoms with E-state index in [4.69, 9.17) is 9.30 Å². The normalized spacial score (nSPS) is 33.1. The predicted octanol–water partition coefficient (Wildman–Crippen LogP) is 6.03. The zero-order valence-electron chi connectivity index (χ0n) is 18.3. The summed E-state index contributed by atoms with van der Waals surface area (Å²) in [5.74, 6) is 4.99. The Morgan fingerprint density at radius 3 is 0.844 bits per heavy atom. The van der Waals surface area contributed by atoms with E-state index in [0.717, 1.165) is 35.5 Å². The monoisotopic (exact) mass is 604 g/mol. The molecule has 0 N–H and O–H groups in total. The fourth-order valence-corrected chi connectivity index (χ4v) is 4.43. The summed E-state index contributed by atoms with van der Waals surface area (Å²) in [6.07, 6.45) is 34.9. The van der Waals surface area contributed by atoms with E-state index >= 15 is 0 Å². The van der Waals surface area contributed by atoms with Crippen LogP contribution in [0.5, 0.6) is 0 Å². The minimum absolute atomic E-state index is 0. The Kier molecular flexibility index (Phi) is 23.3. The summed E-state index contributed by atoms with van der Waals surface area (Å²) in [5, 5.41) is 0. The summed E-state index contributed by atoms with van der Waals surface area (Å²) >= 11 is 0. The summed E-state index contributed by atoms with van der Waals surface area (Å²) in [6.45, 7) is 17.1. The molecule has 32 heavy (non-hydrogen) atoms. The van der Waals surface area contributed by atoms with Gasteiger partial charge < -0.3 is 13.8 Å². The Labute approximate surface area is 224 Å². The van der Waals surface area contributed by atoms with Gasteiger partial charge in [-0.2, -0.15) is 11.8 Å². The molecule has 0 spiro atoms. The van der Waals surface area contributed by atoms with Crippen LogP contribution in [0.3, 0.4) is 0 Å². The summed E-state index contributed by atoms with van der Waals surface area (Å²) in [6, 6.07) is 0. The molecule has 0 amide bonds. The van der Waals surface area contributed by atoms with Crippen LogP contribution in [0.2, 0.25) is 0 Å². The van der Waals surface area contributed by atoms with Crippen LogP contribution < -0.4 is 0 Å². The molecule has 2 nitrogen and oxygen atoms in total. The second kappa shape index (κ2) is 21.7. The second-order valence-corrected chi connectivity index (χ2v) is 8.01. The summed E-state index contributed by atoms with van der Waals surface area (Å²) < 4.78 is 15.0. The van der Waals surface area contributed by atoms with E-state index in [1.165, 1.54) is 25.7 Å². The number of hydrogen-bond acceptors (Lipinski definition) is 0. The van der Waals surface area contributed by atoms with Gasteiger partial charge in [0.15, 0.2) is 0 Å². The minimum atomic E-state index is 0. The van der Waals surface area contributed by atoms with Crippen LogP contribution in [-0.4, -0.2) is 0 Å². The first-order valence-electron chi connectivity index (χ1n) is 10.5. The van der Waals surface area contributed by atoms with Gasteiger partial charge in [0.1, 0.15) is 0 Å². The maximum absolute atomic E-state index is 7.50. The first kappa shape index (κ1) is 34.4. The molecule has 12 radical (unpaired) electrons. The van der Waals surface area contributed by atoms with Crippen molar-refractivity contribution in [2.75, 3.05) is 0 Å². The van der Waals surface area contributed by atoms with Gasteiger partial charge in [-0.3, -0.25) is 0 Å². The quantitative estimate of drug-likeness (QED) is 0.141. The fourth-order valence-electron chi connectivity index (χ4n) is 4.43. The first-order valence-corrected chi connectivity index (χ1v) is 10.5. The van der Waals surface area contributed by atoms with Crippen LogP contribution >= 0.6 is 0 Å². The third-order valence-corrected chi connectivity index (χ3v) is 5.94. The van der Waals surface area contributed by atoms with Gasteiger partial charge >= 0.3 is 61.6 Å². The van der Waals surface area contributed by atoms with Crippen molar-refractivity contribution in [1.82, 2.24) is 0 Å². The predicted molar refractivity (Wildman–Crippen MR) is 119 cm³/mol. The Morgan fingerprint density at radius 1 is 0.500 bits per heavy atom. The molecule has 4 fully saturated rings. The Morgan fingerprint density at radius 2 is 0.750 bits per heavy atom. The van der Waals surface area contributed by atoms with Crippen molar-refractivity contribution < 1.29 is 48.3 Å². The second-order valence-electron chi connectivity index (χ2n) is 8.01. The molecule has 0 saturated heterocycles. The van der Waals surface area contributed by atoms with Crippen LogP contribution in [0.4, 0.5) is 0 Å². The molecule has 0 aromatic rings. The van der Waals surface area contributed by atoms with Crippen LogP contribution in [-0.2, 0) is 48.3 Å². The van der Waals surface area contributed by atoms with Crippen LogP contribution in [0.25, 0.3) is 0 Å². The van der Waals surface area contributed by atoms with Crippen LogP contribution in [0, 0.1) is 127 Å². The van der Waals surface area contributed by atoms with Gasteiger partial charge in [0.05, 0.1) is 0 Å². The average molecular weight is 603 g/mol. The molecular formula is C28H32O2Ru2+2. The molecule has 6 aliphatic rings. The average Bonchev–Trinajstić information content (AvgIpc) is 3.62. The molecule has 0 aromatic heterocycles. The van der Waals surface area contributed by atoms with E-state index in [0.29, 0.717) is 0 Å². The molecule has 0 unspecified atom stereocenters. The van der Waals surface area contributed by atoms with Crippen molar-refractivity contribution in [3.63, 3.8) is 0 Å².